The van der Waals surface area contributed by atoms with Crippen LogP contribution in [0.5, 0.6) is 0 Å². The van der Waals surface area contributed by atoms with Crippen molar-refractivity contribution >= 4 is 15.9 Å². The first-order valence-electron chi connectivity index (χ1n) is 5.16. The summed E-state index contributed by atoms with van der Waals surface area (Å²) in [6.07, 6.45) is 5.18. The molecule has 1 aliphatic carbocycles. The average Bonchev–Trinajstić information content (AvgIpc) is 2.65. The van der Waals surface area contributed by atoms with Crippen molar-refractivity contribution in [1.82, 2.24) is 9.55 Å². The minimum atomic E-state index is 0.228. The summed E-state index contributed by atoms with van der Waals surface area (Å²) in [7, 11) is 0. The highest BCUT2D eigenvalue weighted by molar-refractivity contribution is 9.09. The largest absolute Gasteiger partial charge is 0.321 e. The first-order valence-corrected chi connectivity index (χ1v) is 6.28. The van der Waals surface area contributed by atoms with Crippen LogP contribution in [0.1, 0.15) is 30.7 Å². The van der Waals surface area contributed by atoms with Crippen LogP contribution in [-0.2, 0) is 6.54 Å². The van der Waals surface area contributed by atoms with Gasteiger partial charge in [0.25, 0.3) is 0 Å². The highest BCUT2D eigenvalue weighted by Crippen LogP contribution is 2.43. The molecule has 0 spiro atoms. The minimum Gasteiger partial charge on any atom is -0.321 e. The van der Waals surface area contributed by atoms with E-state index in [1.54, 1.807) is 10.9 Å². The van der Waals surface area contributed by atoms with Crippen molar-refractivity contribution in [3.05, 3.63) is 17.7 Å². The molecule has 0 radical (unpaired) electrons. The minimum absolute atomic E-state index is 0.228. The molecule has 0 aromatic carbocycles. The lowest BCUT2D eigenvalue weighted by Gasteiger charge is -2.40. The van der Waals surface area contributed by atoms with Gasteiger partial charge in [-0.05, 0) is 18.3 Å². The van der Waals surface area contributed by atoms with E-state index in [4.69, 9.17) is 10.5 Å². The molecule has 1 aliphatic rings. The zero-order chi connectivity index (χ0) is 11.6. The first-order chi connectivity index (χ1) is 7.74. The fourth-order valence-corrected chi connectivity index (χ4v) is 2.81. The van der Waals surface area contributed by atoms with Crippen LogP contribution in [0.4, 0.5) is 0 Å². The van der Waals surface area contributed by atoms with Gasteiger partial charge in [-0.1, -0.05) is 22.4 Å². The van der Waals surface area contributed by atoms with Crippen molar-refractivity contribution in [3.63, 3.8) is 0 Å². The van der Waals surface area contributed by atoms with Crippen LogP contribution in [0.3, 0.4) is 0 Å². The number of aromatic nitrogens is 2. The monoisotopic (exact) mass is 278 g/mol. The van der Waals surface area contributed by atoms with Crippen LogP contribution in [0, 0.1) is 28.1 Å². The summed E-state index contributed by atoms with van der Waals surface area (Å²) >= 11 is 3.53. The SMILES string of the molecule is N#Cc1ncn(CC2(CBr)CCC2)c1C#N. The molecule has 0 bridgehead atoms. The number of rotatable bonds is 3. The van der Waals surface area contributed by atoms with Gasteiger partial charge in [0.2, 0.25) is 0 Å². The fraction of sp³-hybridized carbons (Fsp3) is 0.545. The normalized spacial score (nSPS) is 17.2. The van der Waals surface area contributed by atoms with Crippen molar-refractivity contribution in [3.8, 4) is 12.1 Å². The van der Waals surface area contributed by atoms with Gasteiger partial charge in [-0.3, -0.25) is 0 Å². The van der Waals surface area contributed by atoms with Gasteiger partial charge < -0.3 is 4.57 Å². The second-order valence-electron chi connectivity index (χ2n) is 4.28. The Bertz CT molecular complexity index is 468. The van der Waals surface area contributed by atoms with Gasteiger partial charge in [0.15, 0.2) is 11.4 Å². The van der Waals surface area contributed by atoms with Crippen molar-refractivity contribution in [1.29, 1.82) is 10.5 Å². The lowest BCUT2D eigenvalue weighted by molar-refractivity contribution is 0.140. The van der Waals surface area contributed by atoms with Crippen molar-refractivity contribution in [2.45, 2.75) is 25.8 Å². The third-order valence-electron chi connectivity index (χ3n) is 3.25. The molecular weight excluding hydrogens is 268 g/mol. The predicted molar refractivity (Wildman–Crippen MR) is 61.7 cm³/mol. The van der Waals surface area contributed by atoms with E-state index in [1.807, 2.05) is 6.07 Å². The van der Waals surface area contributed by atoms with Crippen LogP contribution in [0.2, 0.25) is 0 Å². The number of hydrogen-bond donors (Lipinski definition) is 0. The van der Waals surface area contributed by atoms with E-state index in [0.29, 0.717) is 5.69 Å². The standard InChI is InChI=1S/C11H11BrN4/c12-6-11(2-1-3-11)7-16-8-15-9(4-13)10(16)5-14/h8H,1-3,6-7H2. The third kappa shape index (κ3) is 1.72. The van der Waals surface area contributed by atoms with Gasteiger partial charge in [0, 0.05) is 11.9 Å². The topological polar surface area (TPSA) is 65.4 Å². The maximum Gasteiger partial charge on any atom is 0.176 e. The maximum absolute atomic E-state index is 9.01. The van der Waals surface area contributed by atoms with Gasteiger partial charge in [0.1, 0.15) is 12.1 Å². The Labute approximate surface area is 103 Å². The number of halogens is 1. The number of alkyl halides is 1. The maximum atomic E-state index is 9.01. The number of nitrogens with zero attached hydrogens (tertiary/aromatic N) is 4. The molecule has 1 fully saturated rings. The van der Waals surface area contributed by atoms with E-state index < -0.39 is 0 Å². The first kappa shape index (κ1) is 11.2. The summed E-state index contributed by atoms with van der Waals surface area (Å²) in [6, 6.07) is 3.99. The molecule has 1 heterocycles. The lowest BCUT2D eigenvalue weighted by Crippen LogP contribution is -2.35. The van der Waals surface area contributed by atoms with E-state index in [9.17, 15) is 0 Å². The number of imidazole rings is 1. The van der Waals surface area contributed by atoms with Crippen molar-refractivity contribution < 1.29 is 0 Å². The van der Waals surface area contributed by atoms with Crippen LogP contribution in [-0.4, -0.2) is 14.9 Å². The third-order valence-corrected chi connectivity index (χ3v) is 4.44. The molecule has 2 rings (SSSR count). The average molecular weight is 279 g/mol. The molecule has 4 nitrogen and oxygen atoms in total. The molecule has 1 aromatic heterocycles. The second-order valence-corrected chi connectivity index (χ2v) is 4.84. The van der Waals surface area contributed by atoms with Gasteiger partial charge in [-0.25, -0.2) is 4.98 Å². The lowest BCUT2D eigenvalue weighted by atomic mass is 9.70. The molecule has 16 heavy (non-hydrogen) atoms. The Kier molecular flexibility index (Phi) is 2.98. The molecule has 1 saturated carbocycles. The van der Waals surface area contributed by atoms with Crippen LogP contribution >= 0.6 is 15.9 Å². The zero-order valence-corrected chi connectivity index (χ0v) is 10.4. The second kappa shape index (κ2) is 4.27. The number of hydrogen-bond acceptors (Lipinski definition) is 3. The molecule has 0 aliphatic heterocycles. The predicted octanol–water partition coefficient (Wildman–Crippen LogP) is 2.19. The zero-order valence-electron chi connectivity index (χ0n) is 8.78. The summed E-state index contributed by atoms with van der Waals surface area (Å²) in [5.74, 6) is 0. The van der Waals surface area contributed by atoms with E-state index in [2.05, 4.69) is 27.0 Å². The summed E-state index contributed by atoms with van der Waals surface area (Å²) < 4.78 is 1.80. The summed E-state index contributed by atoms with van der Waals surface area (Å²) in [6.45, 7) is 0.774. The molecule has 5 heteroatoms. The molecule has 0 N–H and O–H groups in total. The van der Waals surface area contributed by atoms with Crippen LogP contribution in [0.25, 0.3) is 0 Å². The highest BCUT2D eigenvalue weighted by atomic mass is 79.9. The van der Waals surface area contributed by atoms with Gasteiger partial charge in [-0.15, -0.1) is 0 Å². The van der Waals surface area contributed by atoms with Crippen molar-refractivity contribution in [2.24, 2.45) is 5.41 Å². The molecule has 1 aromatic rings. The Balaban J connectivity index is 2.26. The summed E-state index contributed by atoms with van der Waals surface area (Å²) in [5.41, 5.74) is 0.861. The highest BCUT2D eigenvalue weighted by Gasteiger charge is 2.36. The van der Waals surface area contributed by atoms with Crippen LogP contribution < -0.4 is 0 Å². The summed E-state index contributed by atoms with van der Waals surface area (Å²) in [5, 5.41) is 18.7. The summed E-state index contributed by atoms with van der Waals surface area (Å²) in [4.78, 5) is 3.95. The Morgan fingerprint density at radius 2 is 2.19 bits per heavy atom. The van der Waals surface area contributed by atoms with E-state index >= 15 is 0 Å². The molecule has 0 saturated heterocycles. The number of nitriles is 2. The smallest absolute Gasteiger partial charge is 0.176 e. The van der Waals surface area contributed by atoms with Crippen LogP contribution in [0.15, 0.2) is 6.33 Å². The van der Waals surface area contributed by atoms with Gasteiger partial charge >= 0.3 is 0 Å². The van der Waals surface area contributed by atoms with Gasteiger partial charge in [0.05, 0.1) is 6.33 Å². The molecular formula is C11H11BrN4. The van der Waals surface area contributed by atoms with E-state index in [1.165, 1.54) is 19.3 Å². The molecule has 82 valence electrons. The Morgan fingerprint density at radius 1 is 1.44 bits per heavy atom. The Morgan fingerprint density at radius 3 is 2.62 bits per heavy atom. The fourth-order valence-electron chi connectivity index (χ4n) is 2.07. The van der Waals surface area contributed by atoms with Gasteiger partial charge in [-0.2, -0.15) is 10.5 Å². The van der Waals surface area contributed by atoms with E-state index in [0.717, 1.165) is 11.9 Å². The van der Waals surface area contributed by atoms with Crippen molar-refractivity contribution in [2.75, 3.05) is 5.33 Å². The Hall–Kier alpha value is -1.33. The quantitative estimate of drug-likeness (QED) is 0.796. The molecule has 0 unspecified atom stereocenters. The molecule has 0 amide bonds. The van der Waals surface area contributed by atoms with E-state index in [-0.39, 0.29) is 11.1 Å². The molecule has 0 atom stereocenters.